The minimum absolute atomic E-state index is 0.0294. The van der Waals surface area contributed by atoms with Crippen LogP contribution in [0.4, 0.5) is 5.69 Å². The molecule has 3 N–H and O–H groups in total. The fourth-order valence-electron chi connectivity index (χ4n) is 6.36. The topological polar surface area (TPSA) is 87.3 Å². The zero-order valence-corrected chi connectivity index (χ0v) is 19.1. The van der Waals surface area contributed by atoms with Crippen LogP contribution < -0.4 is 16.2 Å². The van der Waals surface area contributed by atoms with Crippen molar-refractivity contribution in [2.45, 2.75) is 65.2 Å². The lowest BCUT2D eigenvalue weighted by molar-refractivity contribution is -0.149. The van der Waals surface area contributed by atoms with E-state index in [2.05, 4.69) is 16.2 Å². The number of anilines is 1. The van der Waals surface area contributed by atoms with E-state index in [9.17, 15) is 14.4 Å². The molecule has 168 valence electrons. The molecular weight excluding hydrogens is 414 g/mol. The van der Waals surface area contributed by atoms with Gasteiger partial charge in [-0.2, -0.15) is 0 Å². The summed E-state index contributed by atoms with van der Waals surface area (Å²) in [5.74, 6) is 1.54. The molecule has 6 nitrogen and oxygen atoms in total. The number of hydrogen-bond acceptors (Lipinski definition) is 3. The van der Waals surface area contributed by atoms with E-state index in [0.717, 1.165) is 19.3 Å². The van der Waals surface area contributed by atoms with Crippen LogP contribution in [0, 0.1) is 28.6 Å². The van der Waals surface area contributed by atoms with Crippen molar-refractivity contribution in [2.75, 3.05) is 5.32 Å². The summed E-state index contributed by atoms with van der Waals surface area (Å²) in [4.78, 5) is 37.8. The average molecular weight is 446 g/mol. The number of halogens is 1. The average Bonchev–Trinajstić information content (AvgIpc) is 2.66. The molecule has 0 atom stereocenters. The lowest BCUT2D eigenvalue weighted by Crippen LogP contribution is -2.57. The van der Waals surface area contributed by atoms with Gasteiger partial charge in [0, 0.05) is 23.6 Å². The SMILES string of the molecule is CC(C)(CC(=O)NNC(=O)C12CC3CC(CC(C3)C1)C2)CC(=O)Nc1ccc(Cl)cc1. The van der Waals surface area contributed by atoms with Crippen LogP contribution in [0.15, 0.2) is 24.3 Å². The monoisotopic (exact) mass is 445 g/mol. The fourth-order valence-corrected chi connectivity index (χ4v) is 6.49. The van der Waals surface area contributed by atoms with Crippen LogP contribution >= 0.6 is 11.6 Å². The molecule has 4 bridgehead atoms. The first-order chi connectivity index (χ1) is 14.6. The molecule has 0 aliphatic heterocycles. The maximum absolute atomic E-state index is 13.0. The Balaban J connectivity index is 1.24. The van der Waals surface area contributed by atoms with Gasteiger partial charge in [-0.3, -0.25) is 25.2 Å². The molecule has 0 saturated heterocycles. The first-order valence-corrected chi connectivity index (χ1v) is 11.6. The van der Waals surface area contributed by atoms with E-state index in [0.29, 0.717) is 28.5 Å². The van der Waals surface area contributed by atoms with Crippen LogP contribution in [0.1, 0.15) is 65.2 Å². The Morgan fingerprint density at radius 2 is 1.42 bits per heavy atom. The van der Waals surface area contributed by atoms with Gasteiger partial charge in [0.2, 0.25) is 17.7 Å². The van der Waals surface area contributed by atoms with Crippen molar-refractivity contribution in [3.63, 3.8) is 0 Å². The summed E-state index contributed by atoms with van der Waals surface area (Å²) >= 11 is 5.86. The second-order valence-electron chi connectivity index (χ2n) is 10.8. The van der Waals surface area contributed by atoms with E-state index in [-0.39, 0.29) is 36.0 Å². The van der Waals surface area contributed by atoms with Gasteiger partial charge < -0.3 is 5.32 Å². The first-order valence-electron chi connectivity index (χ1n) is 11.3. The standard InChI is InChI=1S/C24H32ClN3O3/c1-23(2,13-20(29)26-19-5-3-18(25)4-6-19)14-21(30)27-28-22(31)24-10-15-7-16(11-24)9-17(8-15)12-24/h3-6,15-17H,7-14H2,1-2H3,(H,26,29)(H,27,30)(H,28,31). The van der Waals surface area contributed by atoms with E-state index < -0.39 is 5.41 Å². The van der Waals surface area contributed by atoms with Crippen LogP contribution in [-0.4, -0.2) is 17.7 Å². The Labute approximate surface area is 188 Å². The summed E-state index contributed by atoms with van der Waals surface area (Å²) in [6, 6.07) is 6.89. The van der Waals surface area contributed by atoms with Crippen molar-refractivity contribution >= 4 is 35.0 Å². The highest BCUT2D eigenvalue weighted by Gasteiger charge is 2.54. The van der Waals surface area contributed by atoms with Gasteiger partial charge in [0.25, 0.3) is 0 Å². The number of amides is 3. The van der Waals surface area contributed by atoms with E-state index in [1.165, 1.54) is 19.3 Å². The van der Waals surface area contributed by atoms with Crippen LogP contribution in [0.2, 0.25) is 5.02 Å². The third-order valence-corrected chi connectivity index (χ3v) is 7.49. The zero-order valence-electron chi connectivity index (χ0n) is 18.3. The second kappa shape index (κ2) is 8.45. The van der Waals surface area contributed by atoms with Gasteiger partial charge in [0.15, 0.2) is 0 Å². The summed E-state index contributed by atoms with van der Waals surface area (Å²) in [7, 11) is 0. The summed E-state index contributed by atoms with van der Waals surface area (Å²) in [6.45, 7) is 3.74. The number of carbonyl (C=O) groups is 3. The lowest BCUT2D eigenvalue weighted by Gasteiger charge is -2.55. The van der Waals surface area contributed by atoms with Gasteiger partial charge in [-0.25, -0.2) is 0 Å². The van der Waals surface area contributed by atoms with Gasteiger partial charge in [-0.05, 0) is 86.0 Å². The molecule has 1 aromatic carbocycles. The maximum Gasteiger partial charge on any atom is 0.244 e. The Morgan fingerprint density at radius 1 is 0.903 bits per heavy atom. The summed E-state index contributed by atoms with van der Waals surface area (Å²) in [5.41, 5.74) is 5.14. The lowest BCUT2D eigenvalue weighted by atomic mass is 9.49. The van der Waals surface area contributed by atoms with Crippen molar-refractivity contribution in [1.29, 1.82) is 0 Å². The molecular formula is C24H32ClN3O3. The molecule has 0 unspecified atom stereocenters. The first kappa shape index (κ1) is 22.1. The van der Waals surface area contributed by atoms with Gasteiger partial charge in [-0.15, -0.1) is 0 Å². The van der Waals surface area contributed by atoms with E-state index >= 15 is 0 Å². The van der Waals surface area contributed by atoms with Crippen LogP contribution in [-0.2, 0) is 14.4 Å². The molecule has 3 amide bonds. The highest BCUT2D eigenvalue weighted by molar-refractivity contribution is 6.30. The van der Waals surface area contributed by atoms with Crippen LogP contribution in [0.3, 0.4) is 0 Å². The number of carbonyl (C=O) groups excluding carboxylic acids is 3. The van der Waals surface area contributed by atoms with Crippen molar-refractivity contribution < 1.29 is 14.4 Å². The summed E-state index contributed by atoms with van der Waals surface area (Å²) in [5, 5.41) is 3.43. The highest BCUT2D eigenvalue weighted by atomic mass is 35.5. The number of rotatable bonds is 6. The third kappa shape index (κ3) is 5.22. The molecule has 4 fully saturated rings. The molecule has 0 radical (unpaired) electrons. The minimum Gasteiger partial charge on any atom is -0.326 e. The fraction of sp³-hybridized carbons (Fsp3) is 0.625. The normalized spacial score (nSPS) is 28.8. The predicted octanol–water partition coefficient (Wildman–Crippen LogP) is 4.45. The van der Waals surface area contributed by atoms with Crippen molar-refractivity contribution in [2.24, 2.45) is 28.6 Å². The van der Waals surface area contributed by atoms with Gasteiger partial charge in [0.05, 0.1) is 5.41 Å². The van der Waals surface area contributed by atoms with E-state index in [1.807, 2.05) is 13.8 Å². The summed E-state index contributed by atoms with van der Waals surface area (Å²) in [6.07, 6.45) is 7.00. The Morgan fingerprint density at radius 3 is 1.97 bits per heavy atom. The molecule has 5 rings (SSSR count). The zero-order chi connectivity index (χ0) is 22.2. The number of hydrazine groups is 1. The molecule has 0 heterocycles. The van der Waals surface area contributed by atoms with E-state index in [1.54, 1.807) is 24.3 Å². The Bertz CT molecular complexity index is 830. The van der Waals surface area contributed by atoms with Crippen molar-refractivity contribution in [3.8, 4) is 0 Å². The van der Waals surface area contributed by atoms with Crippen molar-refractivity contribution in [1.82, 2.24) is 10.9 Å². The molecule has 4 saturated carbocycles. The molecule has 7 heteroatoms. The number of benzene rings is 1. The van der Waals surface area contributed by atoms with Crippen LogP contribution in [0.25, 0.3) is 0 Å². The van der Waals surface area contributed by atoms with E-state index in [4.69, 9.17) is 11.6 Å². The molecule has 4 aliphatic carbocycles. The third-order valence-electron chi connectivity index (χ3n) is 7.24. The van der Waals surface area contributed by atoms with Crippen molar-refractivity contribution in [3.05, 3.63) is 29.3 Å². The molecule has 1 aromatic rings. The maximum atomic E-state index is 13.0. The Kier molecular flexibility index (Phi) is 6.03. The number of nitrogens with one attached hydrogen (secondary N) is 3. The number of hydrogen-bond donors (Lipinski definition) is 3. The minimum atomic E-state index is -0.550. The molecule has 31 heavy (non-hydrogen) atoms. The quantitative estimate of drug-likeness (QED) is 0.565. The Hall–Kier alpha value is -2.08. The summed E-state index contributed by atoms with van der Waals surface area (Å²) < 4.78 is 0. The second-order valence-corrected chi connectivity index (χ2v) is 11.2. The van der Waals surface area contributed by atoms with Gasteiger partial charge in [-0.1, -0.05) is 25.4 Å². The van der Waals surface area contributed by atoms with Gasteiger partial charge in [0.1, 0.15) is 0 Å². The molecule has 0 aromatic heterocycles. The largest absolute Gasteiger partial charge is 0.326 e. The molecule has 0 spiro atoms. The van der Waals surface area contributed by atoms with Crippen LogP contribution in [0.5, 0.6) is 0 Å². The molecule has 4 aliphatic rings. The smallest absolute Gasteiger partial charge is 0.244 e. The highest BCUT2D eigenvalue weighted by Crippen LogP contribution is 2.60. The van der Waals surface area contributed by atoms with Gasteiger partial charge >= 0.3 is 0 Å². The predicted molar refractivity (Wildman–Crippen MR) is 120 cm³/mol.